The lowest BCUT2D eigenvalue weighted by Crippen LogP contribution is -2.33. The van der Waals surface area contributed by atoms with Crippen molar-refractivity contribution in [2.45, 2.75) is 23.5 Å². The highest BCUT2D eigenvalue weighted by Gasteiger charge is 2.36. The Hall–Kier alpha value is -1.12. The summed E-state index contributed by atoms with van der Waals surface area (Å²) in [6, 6.07) is 11.7. The van der Waals surface area contributed by atoms with E-state index in [1.807, 2.05) is 6.07 Å². The van der Waals surface area contributed by atoms with Gasteiger partial charge >= 0.3 is 0 Å². The molecule has 1 unspecified atom stereocenters. The maximum atomic E-state index is 13.1. The molecule has 0 aliphatic carbocycles. The Kier molecular flexibility index (Phi) is 5.89. The van der Waals surface area contributed by atoms with Crippen LogP contribution in [-0.4, -0.2) is 40.0 Å². The molecule has 146 valence electrons. The van der Waals surface area contributed by atoms with Crippen LogP contribution in [0, 0.1) is 6.92 Å². The molecule has 0 N–H and O–H groups in total. The second kappa shape index (κ2) is 7.72. The second-order valence-electron chi connectivity index (χ2n) is 6.49. The van der Waals surface area contributed by atoms with Crippen LogP contribution in [0.1, 0.15) is 22.8 Å². The molecular weight excluding hydrogens is 429 g/mol. The van der Waals surface area contributed by atoms with Crippen molar-refractivity contribution in [3.8, 4) is 0 Å². The highest BCUT2D eigenvalue weighted by atomic mass is 35.5. The van der Waals surface area contributed by atoms with Crippen molar-refractivity contribution in [3.05, 3.63) is 63.6 Å². The highest BCUT2D eigenvalue weighted by molar-refractivity contribution is 7.92. The largest absolute Gasteiger partial charge is 0.244 e. The lowest BCUT2D eigenvalue weighted by atomic mass is 10.1. The van der Waals surface area contributed by atoms with Crippen molar-refractivity contribution in [1.29, 1.82) is 0 Å². The highest BCUT2D eigenvalue weighted by Crippen LogP contribution is 2.34. The molecule has 0 spiro atoms. The molecule has 1 heterocycles. The van der Waals surface area contributed by atoms with E-state index < -0.39 is 25.1 Å². The van der Waals surface area contributed by atoms with Crippen LogP contribution in [0.4, 0.5) is 0 Å². The Balaban J connectivity index is 1.95. The van der Waals surface area contributed by atoms with E-state index in [9.17, 15) is 16.8 Å². The number of hydrogen-bond acceptors (Lipinski definition) is 4. The Labute approximate surface area is 169 Å². The lowest BCUT2D eigenvalue weighted by molar-refractivity contribution is 0.428. The van der Waals surface area contributed by atoms with E-state index in [0.29, 0.717) is 16.1 Å². The van der Waals surface area contributed by atoms with E-state index in [1.54, 1.807) is 31.2 Å². The lowest BCUT2D eigenvalue weighted by Gasteiger charge is -2.21. The summed E-state index contributed by atoms with van der Waals surface area (Å²) in [6.45, 7) is 1.68. The van der Waals surface area contributed by atoms with E-state index >= 15 is 0 Å². The second-order valence-corrected chi connectivity index (χ2v) is 11.5. The smallest absolute Gasteiger partial charge is 0.228 e. The zero-order valence-corrected chi connectivity index (χ0v) is 17.7. The average Bonchev–Trinajstić information content (AvgIpc) is 2.77. The Morgan fingerprint density at radius 3 is 2.37 bits per heavy atom. The Bertz CT molecular complexity index is 1050. The molecule has 0 aromatic heterocycles. The van der Waals surface area contributed by atoms with Gasteiger partial charge in [-0.05, 0) is 36.6 Å². The van der Waals surface area contributed by atoms with Crippen LogP contribution in [0.25, 0.3) is 0 Å². The zero-order chi connectivity index (χ0) is 19.8. The van der Waals surface area contributed by atoms with Gasteiger partial charge in [0.05, 0.1) is 16.0 Å². The molecule has 1 fully saturated rings. The van der Waals surface area contributed by atoms with Crippen molar-refractivity contribution in [2.24, 2.45) is 0 Å². The fourth-order valence-electron chi connectivity index (χ4n) is 3.17. The van der Waals surface area contributed by atoms with Gasteiger partial charge in [0.15, 0.2) is 9.84 Å². The van der Waals surface area contributed by atoms with Gasteiger partial charge in [-0.3, -0.25) is 0 Å². The molecule has 0 amide bonds. The summed E-state index contributed by atoms with van der Waals surface area (Å²) in [7, 11) is -7.41. The number of rotatable bonds is 3. The van der Waals surface area contributed by atoms with Crippen molar-refractivity contribution in [3.63, 3.8) is 0 Å². The standard InChI is InChI=1S/C18H19Cl2NO4S2/c1-13-11-18(16(20)12-15(13)19)27(24,25)21-8-7-17(26(22,23)10-9-21)14-5-3-2-4-6-14/h2-6,11-12,17H,7-10H2,1H3. The minimum Gasteiger partial charge on any atom is -0.228 e. The van der Waals surface area contributed by atoms with Gasteiger partial charge in [0.1, 0.15) is 4.90 Å². The van der Waals surface area contributed by atoms with Crippen LogP contribution in [-0.2, 0) is 19.9 Å². The monoisotopic (exact) mass is 447 g/mol. The summed E-state index contributed by atoms with van der Waals surface area (Å²) in [5.41, 5.74) is 1.27. The van der Waals surface area contributed by atoms with Crippen LogP contribution in [0.5, 0.6) is 0 Å². The average molecular weight is 448 g/mol. The molecule has 9 heteroatoms. The minimum atomic E-state index is -3.93. The van der Waals surface area contributed by atoms with E-state index in [4.69, 9.17) is 23.2 Å². The molecule has 1 aliphatic rings. The Morgan fingerprint density at radius 2 is 1.70 bits per heavy atom. The number of hydrogen-bond donors (Lipinski definition) is 0. The first-order chi connectivity index (χ1) is 12.6. The van der Waals surface area contributed by atoms with Gasteiger partial charge in [0.2, 0.25) is 10.0 Å². The van der Waals surface area contributed by atoms with Gasteiger partial charge in [-0.25, -0.2) is 16.8 Å². The number of aryl methyl sites for hydroxylation is 1. The molecule has 2 aromatic carbocycles. The molecule has 1 aliphatic heterocycles. The maximum absolute atomic E-state index is 13.1. The van der Waals surface area contributed by atoms with Gasteiger partial charge in [0.25, 0.3) is 0 Å². The minimum absolute atomic E-state index is 0.0253. The number of sulfonamides is 1. The number of benzene rings is 2. The first kappa shape index (κ1) is 20.6. The molecule has 2 aromatic rings. The molecule has 0 saturated carbocycles. The molecule has 3 rings (SSSR count). The normalized spacial score (nSPS) is 20.9. The van der Waals surface area contributed by atoms with E-state index in [0.717, 1.165) is 0 Å². The fourth-order valence-corrected chi connectivity index (χ4v) is 7.35. The van der Waals surface area contributed by atoms with Gasteiger partial charge < -0.3 is 0 Å². The first-order valence-electron chi connectivity index (χ1n) is 8.35. The van der Waals surface area contributed by atoms with Crippen molar-refractivity contribution in [1.82, 2.24) is 4.31 Å². The molecule has 1 atom stereocenters. The molecule has 0 radical (unpaired) electrons. The maximum Gasteiger partial charge on any atom is 0.244 e. The number of sulfone groups is 1. The predicted molar refractivity (Wildman–Crippen MR) is 108 cm³/mol. The van der Waals surface area contributed by atoms with Crippen LogP contribution < -0.4 is 0 Å². The summed E-state index contributed by atoms with van der Waals surface area (Å²) >= 11 is 12.1. The van der Waals surface area contributed by atoms with Crippen molar-refractivity contribution in [2.75, 3.05) is 18.8 Å². The summed E-state index contributed by atoms with van der Waals surface area (Å²) in [5, 5.41) is -0.319. The van der Waals surface area contributed by atoms with Gasteiger partial charge in [-0.2, -0.15) is 4.31 Å². The predicted octanol–water partition coefficient (Wildman–Crippen LogP) is 3.85. The van der Waals surface area contributed by atoms with Gasteiger partial charge in [0, 0.05) is 18.1 Å². The molecule has 27 heavy (non-hydrogen) atoms. The molecule has 0 bridgehead atoms. The van der Waals surface area contributed by atoms with Crippen molar-refractivity contribution < 1.29 is 16.8 Å². The van der Waals surface area contributed by atoms with Gasteiger partial charge in [-0.1, -0.05) is 53.5 Å². The molecule has 5 nitrogen and oxygen atoms in total. The van der Waals surface area contributed by atoms with Crippen LogP contribution in [0.2, 0.25) is 10.0 Å². The summed E-state index contributed by atoms with van der Waals surface area (Å²) < 4.78 is 52.8. The SMILES string of the molecule is Cc1cc(S(=O)(=O)N2CCC(c3ccccc3)S(=O)(=O)CC2)c(Cl)cc1Cl. The Morgan fingerprint density at radius 1 is 1.04 bits per heavy atom. The number of nitrogens with zero attached hydrogens (tertiary/aromatic N) is 1. The van der Waals surface area contributed by atoms with E-state index in [2.05, 4.69) is 0 Å². The zero-order valence-electron chi connectivity index (χ0n) is 14.6. The van der Waals surface area contributed by atoms with Crippen LogP contribution >= 0.6 is 23.2 Å². The fraction of sp³-hybridized carbons (Fsp3) is 0.333. The summed E-state index contributed by atoms with van der Waals surface area (Å²) in [4.78, 5) is -0.0541. The first-order valence-corrected chi connectivity index (χ1v) is 12.3. The van der Waals surface area contributed by atoms with Crippen LogP contribution in [0.15, 0.2) is 47.4 Å². The summed E-state index contributed by atoms with van der Waals surface area (Å²) in [6.07, 6.45) is 0.190. The molecule has 1 saturated heterocycles. The quantitative estimate of drug-likeness (QED) is 0.715. The number of halogens is 2. The van der Waals surface area contributed by atoms with Crippen molar-refractivity contribution >= 4 is 43.1 Å². The summed E-state index contributed by atoms with van der Waals surface area (Å²) in [5.74, 6) is -0.240. The topological polar surface area (TPSA) is 71.5 Å². The van der Waals surface area contributed by atoms with Gasteiger partial charge in [-0.15, -0.1) is 0 Å². The van der Waals surface area contributed by atoms with Crippen LogP contribution in [0.3, 0.4) is 0 Å². The third-order valence-corrected chi connectivity index (χ3v) is 9.60. The van der Waals surface area contributed by atoms with E-state index in [1.165, 1.54) is 16.4 Å². The third kappa shape index (κ3) is 4.17. The molecular formula is C18H19Cl2NO4S2. The third-order valence-electron chi connectivity index (χ3n) is 4.70. The van der Waals surface area contributed by atoms with E-state index in [-0.39, 0.29) is 35.2 Å².